The van der Waals surface area contributed by atoms with Crippen molar-refractivity contribution in [1.29, 1.82) is 5.26 Å². The van der Waals surface area contributed by atoms with Crippen LogP contribution in [0.15, 0.2) is 35.3 Å². The van der Waals surface area contributed by atoms with E-state index in [0.717, 1.165) is 0 Å². The zero-order chi connectivity index (χ0) is 9.68. The van der Waals surface area contributed by atoms with Gasteiger partial charge in [0.25, 0.3) is 0 Å². The van der Waals surface area contributed by atoms with Crippen LogP contribution in [0, 0.1) is 11.3 Å². The van der Waals surface area contributed by atoms with Crippen molar-refractivity contribution < 1.29 is 0 Å². The normalized spacial score (nSPS) is 11.4. The summed E-state index contributed by atoms with van der Waals surface area (Å²) in [4.78, 5) is 3.10. The molecule has 66 valence electrons. The molecule has 0 N–H and O–H groups in total. The van der Waals surface area contributed by atoms with Crippen LogP contribution in [0.2, 0.25) is 0 Å². The van der Waals surface area contributed by atoms with Crippen LogP contribution in [0.1, 0.15) is 0 Å². The van der Waals surface area contributed by atoms with E-state index in [2.05, 4.69) is 4.99 Å². The predicted molar refractivity (Wildman–Crippen MR) is 54.6 cm³/mol. The van der Waals surface area contributed by atoms with Gasteiger partial charge in [-0.15, -0.1) is 0 Å². The van der Waals surface area contributed by atoms with Crippen LogP contribution in [0.25, 0.3) is 0 Å². The van der Waals surface area contributed by atoms with Crippen molar-refractivity contribution >= 4 is 34.6 Å². The minimum atomic E-state index is -0.870. The highest BCUT2D eigenvalue weighted by molar-refractivity contribution is 6.56. The number of nitriles is 1. The molecule has 0 aliphatic heterocycles. The van der Waals surface area contributed by atoms with Gasteiger partial charge in [-0.1, -0.05) is 41.4 Å². The maximum atomic E-state index is 8.61. The number of nitrogens with zero attached hydrogens (tertiary/aromatic N) is 2. The van der Waals surface area contributed by atoms with Crippen LogP contribution in [0.3, 0.4) is 0 Å². The first-order valence-electron chi connectivity index (χ1n) is 3.56. The lowest BCUT2D eigenvalue weighted by Crippen LogP contribution is -2.03. The van der Waals surface area contributed by atoms with Gasteiger partial charge in [0.15, 0.2) is 10.5 Å². The monoisotopic (exact) mass is 212 g/mol. The van der Waals surface area contributed by atoms with Crippen LogP contribution >= 0.6 is 23.2 Å². The van der Waals surface area contributed by atoms with Gasteiger partial charge in [0.1, 0.15) is 6.07 Å². The molecule has 0 heterocycles. The average molecular weight is 213 g/mol. The fourth-order valence-electron chi connectivity index (χ4n) is 0.764. The van der Waals surface area contributed by atoms with Crippen molar-refractivity contribution in [1.82, 2.24) is 0 Å². The second kappa shape index (κ2) is 4.86. The van der Waals surface area contributed by atoms with Crippen molar-refractivity contribution in [3.8, 4) is 6.07 Å². The Bertz CT molecular complexity index is 338. The fourth-order valence-corrected chi connectivity index (χ4v) is 0.959. The highest BCUT2D eigenvalue weighted by atomic mass is 35.5. The maximum absolute atomic E-state index is 8.61. The summed E-state index contributed by atoms with van der Waals surface area (Å²) in [5.41, 5.74) is 0.778. The Balaban J connectivity index is 2.94. The lowest BCUT2D eigenvalue weighted by molar-refractivity contribution is 1.46. The fraction of sp³-hybridized carbons (Fsp3) is 0.111. The highest BCUT2D eigenvalue weighted by Crippen LogP contribution is 2.13. The first kappa shape index (κ1) is 10.0. The Kier molecular flexibility index (Phi) is 3.75. The Morgan fingerprint density at radius 2 is 1.92 bits per heavy atom. The summed E-state index contributed by atoms with van der Waals surface area (Å²) in [5, 5.41) is 8.61. The highest BCUT2D eigenvalue weighted by Gasteiger charge is 2.07. The van der Waals surface area contributed by atoms with Gasteiger partial charge in [-0.05, 0) is 12.1 Å². The zero-order valence-corrected chi connectivity index (χ0v) is 8.13. The van der Waals surface area contributed by atoms with Gasteiger partial charge in [-0.25, -0.2) is 4.99 Å². The second-order valence-electron chi connectivity index (χ2n) is 2.25. The molecule has 0 saturated heterocycles. The maximum Gasteiger partial charge on any atom is 0.159 e. The molecule has 0 atom stereocenters. The summed E-state index contributed by atoms with van der Waals surface area (Å²) in [5.74, 6) is 0. The number of alkyl halides is 2. The van der Waals surface area contributed by atoms with Gasteiger partial charge in [-0.2, -0.15) is 5.26 Å². The van der Waals surface area contributed by atoms with Gasteiger partial charge in [0.2, 0.25) is 0 Å². The number of aliphatic imine (C=N–C) groups is 1. The summed E-state index contributed by atoms with van der Waals surface area (Å²) in [6.07, 6.45) is 0. The van der Waals surface area contributed by atoms with Crippen molar-refractivity contribution in [2.45, 2.75) is 4.84 Å². The molecule has 0 amide bonds. The van der Waals surface area contributed by atoms with Crippen LogP contribution in [-0.4, -0.2) is 10.5 Å². The van der Waals surface area contributed by atoms with E-state index in [1.807, 2.05) is 24.3 Å². The first-order valence-corrected chi connectivity index (χ1v) is 4.43. The Morgan fingerprint density at radius 3 is 2.38 bits per heavy atom. The number of benzene rings is 1. The zero-order valence-electron chi connectivity index (χ0n) is 6.61. The third-order valence-corrected chi connectivity index (χ3v) is 1.74. The minimum absolute atomic E-state index is 0.106. The van der Waals surface area contributed by atoms with Crippen molar-refractivity contribution in [3.05, 3.63) is 30.3 Å². The summed E-state index contributed by atoms with van der Waals surface area (Å²) in [6, 6.07) is 10.9. The van der Waals surface area contributed by atoms with Crippen LogP contribution in [0.5, 0.6) is 0 Å². The molecule has 0 aliphatic carbocycles. The van der Waals surface area contributed by atoms with E-state index in [0.29, 0.717) is 5.69 Å². The lowest BCUT2D eigenvalue weighted by atomic mass is 10.3. The molecule has 0 aromatic heterocycles. The molecule has 2 nitrogen and oxygen atoms in total. The summed E-state index contributed by atoms with van der Waals surface area (Å²) < 4.78 is 0. The van der Waals surface area contributed by atoms with E-state index in [-0.39, 0.29) is 5.71 Å². The molecule has 13 heavy (non-hydrogen) atoms. The van der Waals surface area contributed by atoms with Crippen LogP contribution in [-0.2, 0) is 0 Å². The summed E-state index contributed by atoms with van der Waals surface area (Å²) in [7, 11) is 0. The molecular formula is C9H6Cl2N2. The third kappa shape index (κ3) is 3.06. The largest absolute Gasteiger partial charge is 0.239 e. The Labute approximate surface area is 86.4 Å². The van der Waals surface area contributed by atoms with Gasteiger partial charge in [0, 0.05) is 0 Å². The smallest absolute Gasteiger partial charge is 0.159 e. The quantitative estimate of drug-likeness (QED) is 0.549. The van der Waals surface area contributed by atoms with Gasteiger partial charge in [0.05, 0.1) is 5.69 Å². The summed E-state index contributed by atoms with van der Waals surface area (Å²) >= 11 is 11.0. The molecule has 1 aromatic carbocycles. The first-order chi connectivity index (χ1) is 6.24. The molecule has 0 spiro atoms. The van der Waals surface area contributed by atoms with E-state index >= 15 is 0 Å². The van der Waals surface area contributed by atoms with Crippen molar-refractivity contribution in [2.24, 2.45) is 4.99 Å². The van der Waals surface area contributed by atoms with Crippen LogP contribution < -0.4 is 0 Å². The third-order valence-electron chi connectivity index (χ3n) is 1.33. The number of halogens is 2. The number of para-hydroxylation sites is 1. The molecule has 1 rings (SSSR count). The molecule has 0 radical (unpaired) electrons. The molecule has 0 aliphatic rings. The molecular weight excluding hydrogens is 207 g/mol. The molecule has 0 bridgehead atoms. The number of hydrogen-bond donors (Lipinski definition) is 0. The van der Waals surface area contributed by atoms with Gasteiger partial charge >= 0.3 is 0 Å². The van der Waals surface area contributed by atoms with Gasteiger partial charge in [-0.3, -0.25) is 0 Å². The molecule has 0 saturated carbocycles. The molecule has 0 fully saturated rings. The van der Waals surface area contributed by atoms with Crippen molar-refractivity contribution in [2.75, 3.05) is 0 Å². The number of rotatable bonds is 2. The van der Waals surface area contributed by atoms with E-state index in [4.69, 9.17) is 28.5 Å². The lowest BCUT2D eigenvalue weighted by Gasteiger charge is -1.96. The topological polar surface area (TPSA) is 36.1 Å². The standard InChI is InChI=1S/C9H6Cl2N2/c10-9(11)8(6-12)13-7-4-2-1-3-5-7/h1-5,9H. The Hall–Kier alpha value is -1.04. The molecule has 0 unspecified atom stereocenters. The van der Waals surface area contributed by atoms with Crippen LogP contribution in [0.4, 0.5) is 5.69 Å². The average Bonchev–Trinajstić information content (AvgIpc) is 2.15. The van der Waals surface area contributed by atoms with Crippen molar-refractivity contribution in [3.63, 3.8) is 0 Å². The van der Waals surface area contributed by atoms with E-state index in [9.17, 15) is 0 Å². The minimum Gasteiger partial charge on any atom is -0.239 e. The van der Waals surface area contributed by atoms with E-state index < -0.39 is 4.84 Å². The molecule has 1 aromatic rings. The predicted octanol–water partition coefficient (Wildman–Crippen LogP) is 3.09. The number of hydrogen-bond acceptors (Lipinski definition) is 2. The summed E-state index contributed by atoms with van der Waals surface area (Å²) in [6.45, 7) is 0. The van der Waals surface area contributed by atoms with E-state index in [1.165, 1.54) is 0 Å². The Morgan fingerprint density at radius 1 is 1.31 bits per heavy atom. The SMILES string of the molecule is N#CC(=Nc1ccccc1)C(Cl)Cl. The van der Waals surface area contributed by atoms with E-state index in [1.54, 1.807) is 12.1 Å². The second-order valence-corrected chi connectivity index (χ2v) is 3.34. The van der Waals surface area contributed by atoms with Gasteiger partial charge < -0.3 is 0 Å². The molecule has 4 heteroatoms.